The lowest BCUT2D eigenvalue weighted by Crippen LogP contribution is -2.30. The number of hydrogen-bond donors (Lipinski definition) is 2. The molecule has 0 radical (unpaired) electrons. The number of para-hydroxylation sites is 1. The first-order chi connectivity index (χ1) is 11.0. The number of carbonyl (C=O) groups excluding carboxylic acids is 1. The van der Waals surface area contributed by atoms with E-state index in [1.165, 1.54) is 6.07 Å². The van der Waals surface area contributed by atoms with Crippen LogP contribution in [0, 0.1) is 11.6 Å². The predicted molar refractivity (Wildman–Crippen MR) is 84.4 cm³/mol. The Morgan fingerprint density at radius 1 is 1.22 bits per heavy atom. The second-order valence-electron chi connectivity index (χ2n) is 5.02. The van der Waals surface area contributed by atoms with Gasteiger partial charge in [-0.25, -0.2) is 8.78 Å². The summed E-state index contributed by atoms with van der Waals surface area (Å²) >= 11 is 0. The minimum atomic E-state index is -0.809. The Hall–Kier alpha value is -2.47. The third-order valence-electron chi connectivity index (χ3n) is 3.38. The fourth-order valence-electron chi connectivity index (χ4n) is 2.17. The van der Waals surface area contributed by atoms with Gasteiger partial charge in [-0.05, 0) is 25.1 Å². The smallest absolute Gasteiger partial charge is 0.238 e. The molecule has 0 aliphatic rings. The molecule has 6 heteroatoms. The van der Waals surface area contributed by atoms with Crippen LogP contribution in [0.4, 0.5) is 14.5 Å². The summed E-state index contributed by atoms with van der Waals surface area (Å²) in [5.41, 5.74) is 0.860. The second-order valence-corrected chi connectivity index (χ2v) is 5.02. The van der Waals surface area contributed by atoms with Gasteiger partial charge in [-0.3, -0.25) is 4.79 Å². The molecule has 0 saturated heterocycles. The van der Waals surface area contributed by atoms with E-state index in [1.54, 1.807) is 7.11 Å². The predicted octanol–water partition coefficient (Wildman–Crippen LogP) is 3.26. The van der Waals surface area contributed by atoms with Crippen LogP contribution in [0.1, 0.15) is 18.5 Å². The SMILES string of the molecule is COc1ccccc1C(C)NCC(=O)Nc1ccc(F)cc1F. The third-order valence-corrected chi connectivity index (χ3v) is 3.38. The lowest BCUT2D eigenvalue weighted by atomic mass is 10.1. The highest BCUT2D eigenvalue weighted by Gasteiger charge is 2.13. The Labute approximate surface area is 133 Å². The van der Waals surface area contributed by atoms with E-state index in [0.29, 0.717) is 0 Å². The number of nitrogens with one attached hydrogen (secondary N) is 2. The molecule has 2 aromatic rings. The lowest BCUT2D eigenvalue weighted by molar-refractivity contribution is -0.115. The quantitative estimate of drug-likeness (QED) is 0.859. The van der Waals surface area contributed by atoms with Crippen molar-refractivity contribution in [3.63, 3.8) is 0 Å². The summed E-state index contributed by atoms with van der Waals surface area (Å²) in [6.07, 6.45) is 0. The van der Waals surface area contributed by atoms with Crippen molar-refractivity contribution >= 4 is 11.6 Å². The van der Waals surface area contributed by atoms with Crippen molar-refractivity contribution in [3.8, 4) is 5.75 Å². The lowest BCUT2D eigenvalue weighted by Gasteiger charge is -2.17. The van der Waals surface area contributed by atoms with Crippen LogP contribution in [0.3, 0.4) is 0 Å². The number of ether oxygens (including phenoxy) is 1. The number of benzene rings is 2. The van der Waals surface area contributed by atoms with E-state index in [2.05, 4.69) is 10.6 Å². The first kappa shape index (κ1) is 16.9. The first-order valence-corrected chi connectivity index (χ1v) is 7.12. The number of hydrogen-bond acceptors (Lipinski definition) is 3. The van der Waals surface area contributed by atoms with Crippen molar-refractivity contribution in [2.45, 2.75) is 13.0 Å². The van der Waals surface area contributed by atoms with E-state index in [0.717, 1.165) is 23.4 Å². The van der Waals surface area contributed by atoms with E-state index >= 15 is 0 Å². The minimum Gasteiger partial charge on any atom is -0.496 e. The van der Waals surface area contributed by atoms with E-state index < -0.39 is 17.5 Å². The van der Waals surface area contributed by atoms with Gasteiger partial charge < -0.3 is 15.4 Å². The van der Waals surface area contributed by atoms with Crippen LogP contribution in [0.2, 0.25) is 0 Å². The monoisotopic (exact) mass is 320 g/mol. The summed E-state index contributed by atoms with van der Waals surface area (Å²) in [5.74, 6) is -1.20. The van der Waals surface area contributed by atoms with Crippen LogP contribution in [-0.4, -0.2) is 19.6 Å². The van der Waals surface area contributed by atoms with Gasteiger partial charge in [0.1, 0.15) is 17.4 Å². The van der Waals surface area contributed by atoms with Gasteiger partial charge in [-0.2, -0.15) is 0 Å². The molecule has 0 bridgehead atoms. The van der Waals surface area contributed by atoms with Crippen molar-refractivity contribution in [2.75, 3.05) is 19.0 Å². The normalized spacial score (nSPS) is 11.8. The molecule has 4 nitrogen and oxygen atoms in total. The third kappa shape index (κ3) is 4.50. The summed E-state index contributed by atoms with van der Waals surface area (Å²) < 4.78 is 31.6. The summed E-state index contributed by atoms with van der Waals surface area (Å²) in [5, 5.41) is 5.43. The maximum absolute atomic E-state index is 13.5. The Bertz CT molecular complexity index is 692. The molecule has 2 aromatic carbocycles. The molecule has 1 amide bonds. The summed E-state index contributed by atoms with van der Waals surface area (Å²) in [7, 11) is 1.58. The molecule has 0 saturated carbocycles. The number of rotatable bonds is 6. The number of carbonyl (C=O) groups is 1. The van der Waals surface area contributed by atoms with Crippen molar-refractivity contribution in [1.82, 2.24) is 5.32 Å². The second kappa shape index (κ2) is 7.69. The summed E-state index contributed by atoms with van der Waals surface area (Å²) in [6, 6.07) is 10.3. The van der Waals surface area contributed by atoms with E-state index in [4.69, 9.17) is 4.74 Å². The molecule has 1 unspecified atom stereocenters. The van der Waals surface area contributed by atoms with Crippen molar-refractivity contribution < 1.29 is 18.3 Å². The molecule has 0 spiro atoms. The average molecular weight is 320 g/mol. The van der Waals surface area contributed by atoms with Gasteiger partial charge in [0.15, 0.2) is 0 Å². The molecule has 0 fully saturated rings. The topological polar surface area (TPSA) is 50.4 Å². The highest BCUT2D eigenvalue weighted by Crippen LogP contribution is 2.24. The van der Waals surface area contributed by atoms with E-state index in [9.17, 15) is 13.6 Å². The van der Waals surface area contributed by atoms with Crippen LogP contribution < -0.4 is 15.4 Å². The Morgan fingerprint density at radius 3 is 2.65 bits per heavy atom. The van der Waals surface area contributed by atoms with Gasteiger partial charge in [0, 0.05) is 17.7 Å². The van der Waals surface area contributed by atoms with Crippen LogP contribution >= 0.6 is 0 Å². The fourth-order valence-corrected chi connectivity index (χ4v) is 2.17. The molecule has 0 aliphatic carbocycles. The summed E-state index contributed by atoms with van der Waals surface area (Å²) in [6.45, 7) is 1.87. The maximum Gasteiger partial charge on any atom is 0.238 e. The van der Waals surface area contributed by atoms with Gasteiger partial charge in [0.05, 0.1) is 19.3 Å². The highest BCUT2D eigenvalue weighted by atomic mass is 19.1. The minimum absolute atomic E-state index is 0.0178. The van der Waals surface area contributed by atoms with E-state index in [-0.39, 0.29) is 18.3 Å². The zero-order valence-corrected chi connectivity index (χ0v) is 12.9. The molecular formula is C17H18F2N2O2. The zero-order valence-electron chi connectivity index (χ0n) is 12.9. The fraction of sp³-hybridized carbons (Fsp3) is 0.235. The molecule has 23 heavy (non-hydrogen) atoms. The van der Waals surface area contributed by atoms with Crippen LogP contribution in [0.25, 0.3) is 0 Å². The first-order valence-electron chi connectivity index (χ1n) is 7.12. The van der Waals surface area contributed by atoms with Crippen LogP contribution in [0.15, 0.2) is 42.5 Å². The molecule has 122 valence electrons. The molecule has 0 aliphatic heterocycles. The van der Waals surface area contributed by atoms with Gasteiger partial charge in [0.2, 0.25) is 5.91 Å². The maximum atomic E-state index is 13.5. The highest BCUT2D eigenvalue weighted by molar-refractivity contribution is 5.92. The van der Waals surface area contributed by atoms with Crippen molar-refractivity contribution in [3.05, 3.63) is 59.7 Å². The molecule has 0 aromatic heterocycles. The zero-order chi connectivity index (χ0) is 16.8. The summed E-state index contributed by atoms with van der Waals surface area (Å²) in [4.78, 5) is 11.9. The Balaban J connectivity index is 1.93. The van der Waals surface area contributed by atoms with Gasteiger partial charge in [-0.1, -0.05) is 18.2 Å². The molecule has 2 rings (SSSR count). The average Bonchev–Trinajstić information content (AvgIpc) is 2.55. The van der Waals surface area contributed by atoms with Gasteiger partial charge in [-0.15, -0.1) is 0 Å². The number of anilines is 1. The van der Waals surface area contributed by atoms with Crippen LogP contribution in [-0.2, 0) is 4.79 Å². The van der Waals surface area contributed by atoms with Gasteiger partial charge >= 0.3 is 0 Å². The largest absolute Gasteiger partial charge is 0.496 e. The number of halogens is 2. The molecule has 0 heterocycles. The molecular weight excluding hydrogens is 302 g/mol. The number of methoxy groups -OCH3 is 1. The van der Waals surface area contributed by atoms with Crippen molar-refractivity contribution in [2.24, 2.45) is 0 Å². The van der Waals surface area contributed by atoms with Gasteiger partial charge in [0.25, 0.3) is 0 Å². The molecule has 1 atom stereocenters. The Morgan fingerprint density at radius 2 is 1.96 bits per heavy atom. The number of amides is 1. The molecule has 2 N–H and O–H groups in total. The van der Waals surface area contributed by atoms with Crippen LogP contribution in [0.5, 0.6) is 5.75 Å². The Kier molecular flexibility index (Phi) is 5.65. The van der Waals surface area contributed by atoms with Crippen molar-refractivity contribution in [1.29, 1.82) is 0 Å². The standard InChI is InChI=1S/C17H18F2N2O2/c1-11(13-5-3-4-6-16(13)23-2)20-10-17(22)21-15-8-7-12(18)9-14(15)19/h3-9,11,20H,10H2,1-2H3,(H,21,22). The van der Waals surface area contributed by atoms with E-state index in [1.807, 2.05) is 31.2 Å².